The van der Waals surface area contributed by atoms with Crippen molar-refractivity contribution in [2.24, 2.45) is 11.7 Å². The van der Waals surface area contributed by atoms with E-state index in [9.17, 15) is 22.8 Å². The predicted octanol–water partition coefficient (Wildman–Crippen LogP) is 4.64. The Hall–Kier alpha value is -1.80. The monoisotopic (exact) mass is 422 g/mol. The van der Waals surface area contributed by atoms with Gasteiger partial charge in [-0.2, -0.15) is 13.2 Å². The van der Waals surface area contributed by atoms with Crippen LogP contribution in [0.25, 0.3) is 0 Å². The van der Waals surface area contributed by atoms with Crippen molar-refractivity contribution in [2.45, 2.75) is 64.8 Å². The summed E-state index contributed by atoms with van der Waals surface area (Å²) >= 11 is 6.04. The van der Waals surface area contributed by atoms with Gasteiger partial charge in [-0.05, 0) is 44.4 Å². The number of carbonyl (C=O) groups excluding carboxylic acids is 2. The van der Waals surface area contributed by atoms with Crippen molar-refractivity contribution in [2.75, 3.05) is 5.32 Å². The fourth-order valence-corrected chi connectivity index (χ4v) is 2.51. The molecule has 1 aromatic rings. The van der Waals surface area contributed by atoms with Gasteiger partial charge in [0.1, 0.15) is 5.60 Å². The molecule has 0 aliphatic heterocycles. The highest BCUT2D eigenvalue weighted by molar-refractivity contribution is 6.33. The molecule has 5 nitrogen and oxygen atoms in total. The zero-order valence-corrected chi connectivity index (χ0v) is 17.2. The van der Waals surface area contributed by atoms with Gasteiger partial charge < -0.3 is 15.8 Å². The fraction of sp³-hybridized carbons (Fsp3) is 0.579. The molecule has 1 amide bonds. The standard InChI is InChI=1S/C19H26ClF3N2O3/c1-10(8-15(26)28-18(3,4)5)12-6-7-13(20)14(9-12)25-17(27)16(24)11(2)19(21,22)23/h6-7,9-11,16H,8,24H2,1-5H3,(H,25,27)/t10-,11+,16+/m0/s1. The van der Waals surface area contributed by atoms with Gasteiger partial charge in [0, 0.05) is 0 Å². The number of rotatable bonds is 6. The molecule has 0 fully saturated rings. The number of nitrogens with one attached hydrogen (secondary N) is 1. The zero-order valence-electron chi connectivity index (χ0n) is 16.5. The highest BCUT2D eigenvalue weighted by atomic mass is 35.5. The molecule has 0 unspecified atom stereocenters. The van der Waals surface area contributed by atoms with Crippen molar-refractivity contribution in [3.05, 3.63) is 28.8 Å². The topological polar surface area (TPSA) is 81.4 Å². The molecule has 158 valence electrons. The summed E-state index contributed by atoms with van der Waals surface area (Å²) in [5.41, 5.74) is 5.62. The summed E-state index contributed by atoms with van der Waals surface area (Å²) < 4.78 is 43.6. The van der Waals surface area contributed by atoms with Gasteiger partial charge in [0.15, 0.2) is 0 Å². The second-order valence-corrected chi connectivity index (χ2v) is 8.18. The minimum Gasteiger partial charge on any atom is -0.460 e. The lowest BCUT2D eigenvalue weighted by Gasteiger charge is -2.23. The van der Waals surface area contributed by atoms with E-state index < -0.39 is 29.6 Å². The lowest BCUT2D eigenvalue weighted by Crippen LogP contribution is -2.46. The van der Waals surface area contributed by atoms with Crippen LogP contribution >= 0.6 is 11.6 Å². The number of alkyl halides is 3. The number of esters is 1. The van der Waals surface area contributed by atoms with Crippen molar-refractivity contribution in [1.82, 2.24) is 0 Å². The lowest BCUT2D eigenvalue weighted by molar-refractivity contribution is -0.176. The first kappa shape index (κ1) is 24.2. The van der Waals surface area contributed by atoms with Crippen molar-refractivity contribution >= 4 is 29.2 Å². The summed E-state index contributed by atoms with van der Waals surface area (Å²) in [6.45, 7) is 7.91. The van der Waals surface area contributed by atoms with Crippen LogP contribution in [0.4, 0.5) is 18.9 Å². The molecule has 0 radical (unpaired) electrons. The Morgan fingerprint density at radius 2 is 1.79 bits per heavy atom. The molecule has 3 atom stereocenters. The molecular weight excluding hydrogens is 397 g/mol. The van der Waals surface area contributed by atoms with Crippen LogP contribution in [0, 0.1) is 5.92 Å². The second-order valence-electron chi connectivity index (χ2n) is 7.78. The minimum atomic E-state index is -4.59. The highest BCUT2D eigenvalue weighted by Gasteiger charge is 2.42. The van der Waals surface area contributed by atoms with Crippen LogP contribution in [-0.4, -0.2) is 29.7 Å². The molecule has 1 aromatic carbocycles. The molecule has 0 spiro atoms. The molecule has 0 heterocycles. The number of carbonyl (C=O) groups is 2. The van der Waals surface area contributed by atoms with E-state index in [2.05, 4.69) is 5.32 Å². The van der Waals surface area contributed by atoms with Crippen LogP contribution in [0.3, 0.4) is 0 Å². The Balaban J connectivity index is 2.90. The molecule has 0 aliphatic rings. The molecule has 9 heteroatoms. The summed E-state index contributed by atoms with van der Waals surface area (Å²) in [5.74, 6) is -3.66. The molecule has 1 rings (SSSR count). The van der Waals surface area contributed by atoms with E-state index in [1.54, 1.807) is 33.8 Å². The summed E-state index contributed by atoms with van der Waals surface area (Å²) in [6, 6.07) is 2.90. The van der Waals surface area contributed by atoms with Gasteiger partial charge >= 0.3 is 12.1 Å². The van der Waals surface area contributed by atoms with Crippen LogP contribution < -0.4 is 11.1 Å². The molecule has 28 heavy (non-hydrogen) atoms. The Morgan fingerprint density at radius 3 is 2.29 bits per heavy atom. The van der Waals surface area contributed by atoms with Gasteiger partial charge in [0.25, 0.3) is 0 Å². The number of benzene rings is 1. The van der Waals surface area contributed by atoms with Crippen LogP contribution in [-0.2, 0) is 14.3 Å². The minimum absolute atomic E-state index is 0.0942. The Labute approximate surface area is 167 Å². The van der Waals surface area contributed by atoms with E-state index in [0.29, 0.717) is 5.56 Å². The third kappa shape index (κ3) is 7.31. The number of ether oxygens (including phenoxy) is 1. The predicted molar refractivity (Wildman–Crippen MR) is 102 cm³/mol. The molecular formula is C19H26ClF3N2O3. The third-order valence-electron chi connectivity index (χ3n) is 4.07. The molecule has 0 saturated heterocycles. The summed E-state index contributed by atoms with van der Waals surface area (Å²) in [7, 11) is 0. The first-order valence-corrected chi connectivity index (χ1v) is 9.14. The van der Waals surface area contributed by atoms with E-state index in [1.807, 2.05) is 0 Å². The SMILES string of the molecule is C[C@H]([C@@H](N)C(=O)Nc1cc([C@@H](C)CC(=O)OC(C)(C)C)ccc1Cl)C(F)(F)F. The average molecular weight is 423 g/mol. The average Bonchev–Trinajstić information content (AvgIpc) is 2.52. The normalized spacial score (nSPS) is 15.5. The maximum absolute atomic E-state index is 12.8. The maximum Gasteiger partial charge on any atom is 0.393 e. The quantitative estimate of drug-likeness (QED) is 0.654. The summed E-state index contributed by atoms with van der Waals surface area (Å²) in [4.78, 5) is 24.1. The number of hydrogen-bond donors (Lipinski definition) is 2. The van der Waals surface area contributed by atoms with Gasteiger partial charge in [-0.15, -0.1) is 0 Å². The first-order chi connectivity index (χ1) is 12.6. The van der Waals surface area contributed by atoms with Crippen molar-refractivity contribution in [1.29, 1.82) is 0 Å². The van der Waals surface area contributed by atoms with Gasteiger partial charge in [0.05, 0.1) is 29.1 Å². The number of halogens is 4. The van der Waals surface area contributed by atoms with Gasteiger partial charge in [-0.3, -0.25) is 9.59 Å². The van der Waals surface area contributed by atoms with Crippen LogP contribution in [0.1, 0.15) is 52.5 Å². The van der Waals surface area contributed by atoms with E-state index in [4.69, 9.17) is 22.1 Å². The summed E-state index contributed by atoms with van der Waals surface area (Å²) in [6.07, 6.45) is -4.50. The number of hydrogen-bond acceptors (Lipinski definition) is 4. The van der Waals surface area contributed by atoms with Crippen molar-refractivity contribution < 1.29 is 27.5 Å². The first-order valence-electron chi connectivity index (χ1n) is 8.76. The maximum atomic E-state index is 12.8. The Bertz CT molecular complexity index is 717. The van der Waals surface area contributed by atoms with Crippen molar-refractivity contribution in [3.8, 4) is 0 Å². The van der Waals surface area contributed by atoms with Crippen LogP contribution in [0.5, 0.6) is 0 Å². The second kappa shape index (κ2) is 9.13. The number of nitrogens with two attached hydrogens (primary N) is 1. The van der Waals surface area contributed by atoms with Gasteiger partial charge in [-0.25, -0.2) is 0 Å². The third-order valence-corrected chi connectivity index (χ3v) is 4.40. The zero-order chi connectivity index (χ0) is 21.9. The highest BCUT2D eigenvalue weighted by Crippen LogP contribution is 2.31. The largest absolute Gasteiger partial charge is 0.460 e. The molecule has 0 aliphatic carbocycles. The summed E-state index contributed by atoms with van der Waals surface area (Å²) in [5, 5.41) is 2.48. The van der Waals surface area contributed by atoms with Gasteiger partial charge in [0.2, 0.25) is 5.91 Å². The van der Waals surface area contributed by atoms with Gasteiger partial charge in [-0.1, -0.05) is 31.5 Å². The van der Waals surface area contributed by atoms with E-state index in [0.717, 1.165) is 6.92 Å². The Kier molecular flexibility index (Phi) is 7.91. The Morgan fingerprint density at radius 1 is 1.21 bits per heavy atom. The molecule has 0 aromatic heterocycles. The smallest absolute Gasteiger partial charge is 0.393 e. The molecule has 0 bridgehead atoms. The fourth-order valence-electron chi connectivity index (χ4n) is 2.34. The van der Waals surface area contributed by atoms with E-state index in [1.165, 1.54) is 12.1 Å². The number of anilines is 1. The van der Waals surface area contributed by atoms with Crippen LogP contribution in [0.2, 0.25) is 5.02 Å². The number of amides is 1. The van der Waals surface area contributed by atoms with E-state index >= 15 is 0 Å². The van der Waals surface area contributed by atoms with E-state index in [-0.39, 0.29) is 29.0 Å². The lowest BCUT2D eigenvalue weighted by atomic mass is 9.97. The van der Waals surface area contributed by atoms with Crippen molar-refractivity contribution in [3.63, 3.8) is 0 Å². The molecule has 3 N–H and O–H groups in total. The van der Waals surface area contributed by atoms with Crippen LogP contribution in [0.15, 0.2) is 18.2 Å². The molecule has 0 saturated carbocycles.